The molecule has 0 aliphatic rings. The van der Waals surface area contributed by atoms with Crippen molar-refractivity contribution in [2.45, 2.75) is 0 Å². The molecular formula is C92H54O2. The third-order valence-corrected chi connectivity index (χ3v) is 16.1. The smallest absolute Gasteiger partial charge is 0.136 e. The molecule has 2 nitrogen and oxygen atoms in total. The predicted octanol–water partition coefficient (Wildman–Crippen LogP) is 26.5. The molecule has 0 aliphatic carbocycles. The van der Waals surface area contributed by atoms with Gasteiger partial charge in [-0.15, -0.1) is 0 Å². The van der Waals surface area contributed by atoms with Gasteiger partial charge in [0.25, 0.3) is 0 Å². The van der Waals surface area contributed by atoms with Gasteiger partial charge in [-0.05, 0) is 211 Å². The largest absolute Gasteiger partial charge is 0.456 e. The van der Waals surface area contributed by atoms with Crippen LogP contribution in [-0.2, 0) is 0 Å². The second-order valence-electron chi connectivity index (χ2n) is 21.0. The number of benzene rings is 19. The van der Waals surface area contributed by atoms with Gasteiger partial charge < -0.3 is 8.83 Å². The summed E-state index contributed by atoms with van der Waals surface area (Å²) in [6.45, 7) is 0. The van der Waals surface area contributed by atoms with E-state index in [1.807, 2.05) is 0 Å². The average Bonchev–Trinajstić information content (AvgIpc) is 0.719. The highest BCUT2D eigenvalue weighted by atomic mass is 16.3. The first-order valence-corrected chi connectivity index (χ1v) is 28.1. The molecule has 94 heavy (non-hydrogen) atoms. The molecule has 2 heteroatoms. The summed E-state index contributed by atoms with van der Waals surface area (Å²) in [4.78, 5) is 0. The van der Waals surface area contributed by atoms with Crippen LogP contribution in [0.2, 0.25) is 0 Å². The fourth-order valence-electron chi connectivity index (χ4n) is 12.3. The van der Waals surface area contributed by atoms with E-state index in [2.05, 4.69) is 0 Å². The standard InChI is InChI=1S/C48H28O.C44H26O/c1-3-13-33-29(11-1)21-22-31-27-41(35-15-5-6-16-36(35)45(31)33)47-39-19-9-7-17-37(39)46(38-18-8-10-20-40(38)47)32-24-25-43-42(28-32)48-34-14-4-2-12-30(34)23-26-44(48)49-43;1-3-11-32-27(9-1)17-18-29-25-30(19-22-33(29)32)42-35-13-5-7-15-37(35)43(38-16-8-6-14-36(38)42)31-21-23-40-39(26-31)44-34-12-4-2-10-28(34)20-24-41(44)45-40/h1-28H;1-26H/i1D,2D,3D,4D,5D,6D,7D,8D,9D,10D,11D,12D,13D,14D,15D,16D,17D,18D,19D,20D,21D,22D,23D,24D,25D,26D,27D,28D;1D,2D,3D,4D,5D,6D,7D,8D,9D,10D,11D,12D,13D,14D,15D,16D,17D,18D,19D,20D,21D,22D,23D,24D,25D,26D. The van der Waals surface area contributed by atoms with Crippen molar-refractivity contribution in [2.24, 2.45) is 0 Å². The molecule has 2 heterocycles. The Hall–Kier alpha value is -12.4. The van der Waals surface area contributed by atoms with Crippen LogP contribution in [0.15, 0.2) is 335 Å². The van der Waals surface area contributed by atoms with Gasteiger partial charge in [0, 0.05) is 21.5 Å². The Labute approximate surface area is 615 Å². The maximum absolute atomic E-state index is 10.1. The van der Waals surface area contributed by atoms with Crippen LogP contribution in [0.1, 0.15) is 74.0 Å². The molecule has 0 saturated carbocycles. The van der Waals surface area contributed by atoms with Crippen molar-refractivity contribution < 1.29 is 82.9 Å². The molecule has 434 valence electrons. The van der Waals surface area contributed by atoms with Gasteiger partial charge in [0.05, 0.1) is 74.0 Å². The Morgan fingerprint density at radius 3 is 0.926 bits per heavy atom. The van der Waals surface area contributed by atoms with Crippen molar-refractivity contribution >= 4 is 162 Å². The Morgan fingerprint density at radius 2 is 0.468 bits per heavy atom. The van der Waals surface area contributed by atoms with Gasteiger partial charge in [-0.3, -0.25) is 0 Å². The molecule has 0 unspecified atom stereocenters. The lowest BCUT2D eigenvalue weighted by molar-refractivity contribution is 0.669. The highest BCUT2D eigenvalue weighted by molar-refractivity contribution is 6.30. The molecule has 0 amide bonds. The first-order chi connectivity index (χ1) is 69.1. The van der Waals surface area contributed by atoms with E-state index in [0.717, 1.165) is 0 Å². The molecule has 21 rings (SSSR count). The number of fused-ring (bicyclic) bond motifs is 22. The zero-order valence-electron chi connectivity index (χ0n) is 101. The third kappa shape index (κ3) is 7.90. The normalized spacial score (nSPS) is 20.1. The lowest BCUT2D eigenvalue weighted by Crippen LogP contribution is -1.92. The van der Waals surface area contributed by atoms with Gasteiger partial charge in [-0.1, -0.05) is 278 Å². The Balaban J connectivity index is 0.000000180. The predicted molar refractivity (Wildman–Crippen MR) is 402 cm³/mol. The lowest BCUT2D eigenvalue weighted by atomic mass is 9.83. The molecular weight excluding hydrogens is 1140 g/mol. The molecule has 0 atom stereocenters. The zero-order valence-corrected chi connectivity index (χ0v) is 46.8. The van der Waals surface area contributed by atoms with Crippen LogP contribution >= 0.6 is 0 Å². The van der Waals surface area contributed by atoms with Crippen LogP contribution in [0, 0.1) is 0 Å². The van der Waals surface area contributed by atoms with Gasteiger partial charge in [0.15, 0.2) is 0 Å². The van der Waals surface area contributed by atoms with E-state index in [1.165, 1.54) is 0 Å². The van der Waals surface area contributed by atoms with Crippen LogP contribution in [0.25, 0.3) is 207 Å². The summed E-state index contributed by atoms with van der Waals surface area (Å²) in [6, 6.07) is -47.9. The van der Waals surface area contributed by atoms with Gasteiger partial charge >= 0.3 is 0 Å². The topological polar surface area (TPSA) is 26.3 Å². The van der Waals surface area contributed by atoms with Crippen molar-refractivity contribution in [3.8, 4) is 44.5 Å². The van der Waals surface area contributed by atoms with E-state index < -0.39 is 528 Å². The van der Waals surface area contributed by atoms with Crippen LogP contribution < -0.4 is 0 Å². The highest BCUT2D eigenvalue weighted by Gasteiger charge is 2.23. The quantitative estimate of drug-likeness (QED) is 0.130. The Kier molecular flexibility index (Phi) is 4.86. The SMILES string of the molecule is [2H]c1c(-c2c3c([2H])c([2H])c([2H])c([2H])c3c(-c3c([2H])c([2H])c4c(c3[2H])c([2H])c([2H])c3c([2H])c([2H])c([2H])c([2H])c34)c3c([2H])c([2H])c([2H])c([2H])c23)c([2H])c2c(oc3c([2H])c([2H])c4c([2H])c([2H])c([2H])c([2H])c4c32)c1[2H].[2H]c1c(-c2c3c([2H])c([2H])c([2H])c([2H])c3c(-c3c([2H])c4c([2H])c([2H])c5c([2H])c([2H])c([2H])c([2H])c5c4c4c([2H])c([2H])c([2H])c([2H])c34)c3c([2H])c([2H])c([2H])c([2H])c23)c([2H])c2c(oc3c([2H])c([2H])c4c([2H])c([2H])c([2H])c([2H])c4c32)c1[2H]. The van der Waals surface area contributed by atoms with Gasteiger partial charge in [0.2, 0.25) is 0 Å². The number of hydrogen-bond acceptors (Lipinski definition) is 2. The summed E-state index contributed by atoms with van der Waals surface area (Å²) in [7, 11) is 0. The van der Waals surface area contributed by atoms with Crippen LogP contribution in [0.5, 0.6) is 0 Å². The van der Waals surface area contributed by atoms with E-state index in [4.69, 9.17) is 54.1 Å². The molecule has 0 radical (unpaired) electrons. The number of furan rings is 2. The average molecular weight is 1250 g/mol. The summed E-state index contributed by atoms with van der Waals surface area (Å²) >= 11 is 0. The summed E-state index contributed by atoms with van der Waals surface area (Å²) in [5, 5.41) is -15.3. The number of rotatable bonds is 4. The van der Waals surface area contributed by atoms with Crippen molar-refractivity contribution in [1.29, 1.82) is 0 Å². The fourth-order valence-corrected chi connectivity index (χ4v) is 12.3. The lowest BCUT2D eigenvalue weighted by Gasteiger charge is -2.20. The van der Waals surface area contributed by atoms with Crippen molar-refractivity contribution in [3.63, 3.8) is 0 Å². The second kappa shape index (κ2) is 20.6. The number of hydrogen-bond donors (Lipinski definition) is 0. The van der Waals surface area contributed by atoms with Gasteiger partial charge in [0.1, 0.15) is 22.3 Å². The molecule has 21 aromatic rings. The van der Waals surface area contributed by atoms with Crippen molar-refractivity contribution in [3.05, 3.63) is 326 Å². The summed E-state index contributed by atoms with van der Waals surface area (Å²) in [5.41, 5.74) is -8.25. The van der Waals surface area contributed by atoms with Gasteiger partial charge in [-0.25, -0.2) is 0 Å². The first-order valence-electron chi connectivity index (χ1n) is 55.1. The van der Waals surface area contributed by atoms with Crippen LogP contribution in [0.3, 0.4) is 0 Å². The highest BCUT2D eigenvalue weighted by Crippen LogP contribution is 2.50. The monoisotopic (exact) mass is 1240 g/mol. The van der Waals surface area contributed by atoms with E-state index >= 15 is 0 Å². The van der Waals surface area contributed by atoms with E-state index in [1.54, 1.807) is 0 Å². The molecule has 2 aromatic heterocycles. The minimum Gasteiger partial charge on any atom is -0.456 e. The van der Waals surface area contributed by atoms with Gasteiger partial charge in [-0.2, -0.15) is 0 Å². The van der Waals surface area contributed by atoms with Crippen LogP contribution in [-0.4, -0.2) is 0 Å². The van der Waals surface area contributed by atoms with E-state index in [-0.39, 0.29) is 5.39 Å². The summed E-state index contributed by atoms with van der Waals surface area (Å²) in [5.74, 6) is 0. The summed E-state index contributed by atoms with van der Waals surface area (Å²) in [6.07, 6.45) is 0. The van der Waals surface area contributed by atoms with Crippen molar-refractivity contribution in [2.75, 3.05) is 0 Å². The molecule has 19 aromatic carbocycles. The maximum atomic E-state index is 10.1. The summed E-state index contributed by atoms with van der Waals surface area (Å²) < 4.78 is 502. The Morgan fingerprint density at radius 1 is 0.170 bits per heavy atom. The van der Waals surface area contributed by atoms with E-state index in [9.17, 15) is 28.8 Å². The molecule has 0 bridgehead atoms. The van der Waals surface area contributed by atoms with Crippen LogP contribution in [0.4, 0.5) is 0 Å². The molecule has 0 fully saturated rings. The first kappa shape index (κ1) is 22.2. The second-order valence-corrected chi connectivity index (χ2v) is 21.0. The minimum atomic E-state index is -1.03. The molecule has 0 spiro atoms. The Bertz CT molecular complexity index is 10000. The zero-order chi connectivity index (χ0) is 109. The third-order valence-electron chi connectivity index (χ3n) is 16.1. The fraction of sp³-hybridized carbons (Fsp3) is 0. The minimum absolute atomic E-state index is 0.383. The maximum Gasteiger partial charge on any atom is 0.136 e. The van der Waals surface area contributed by atoms with E-state index in [0.29, 0.717) is 0 Å². The molecule has 0 aliphatic heterocycles. The molecule has 0 saturated heterocycles. The molecule has 0 N–H and O–H groups in total. The van der Waals surface area contributed by atoms with Crippen molar-refractivity contribution in [1.82, 2.24) is 0 Å².